The first-order valence-electron chi connectivity index (χ1n) is 20.0. The predicted molar refractivity (Wildman–Crippen MR) is 210 cm³/mol. The number of hydrogen-bond acceptors (Lipinski definition) is 13. The number of carbonyl (C=O) groups excluding carboxylic acids is 1. The summed E-state index contributed by atoms with van der Waals surface area (Å²) >= 11 is 0. The second kappa shape index (κ2) is 36.8. The van der Waals surface area contributed by atoms with Crippen molar-refractivity contribution in [3.05, 3.63) is 59.7 Å². The summed E-state index contributed by atoms with van der Waals surface area (Å²) in [6.07, 6.45) is 9.06. The van der Waals surface area contributed by atoms with Crippen molar-refractivity contribution in [2.75, 3.05) is 139 Å². The van der Waals surface area contributed by atoms with Crippen LogP contribution in [0.25, 0.3) is 0 Å². The summed E-state index contributed by atoms with van der Waals surface area (Å²) in [7, 11) is 1.57. The maximum Gasteiger partial charge on any atom is 0.338 e. The third-order valence-corrected chi connectivity index (χ3v) is 8.00. The Morgan fingerprint density at radius 1 is 0.418 bits per heavy atom. The molecule has 13 heteroatoms. The average Bonchev–Trinajstić information content (AvgIpc) is 3.21. The van der Waals surface area contributed by atoms with Crippen molar-refractivity contribution in [3.8, 4) is 11.5 Å². The summed E-state index contributed by atoms with van der Waals surface area (Å²) in [5.41, 5.74) is 1.84. The van der Waals surface area contributed by atoms with Gasteiger partial charge in [-0.2, -0.15) is 0 Å². The van der Waals surface area contributed by atoms with E-state index in [1.54, 1.807) is 31.4 Å². The lowest BCUT2D eigenvalue weighted by atomic mass is 10.0. The van der Waals surface area contributed by atoms with Crippen LogP contribution in [0.5, 0.6) is 11.5 Å². The standard InChI is InChI=1S/C42H68O13/c1-3-4-5-6-7-8-9-38-10-14-41(15-11-38)54-36-34-52-32-30-50-28-26-48-24-22-46-20-18-45-19-21-47-23-25-49-27-29-51-31-33-53-35-37-55-42(43)39-12-16-40(44-2)17-13-39/h10-17H,3-9,18-37H2,1-2H3. The predicted octanol–water partition coefficient (Wildman–Crippen LogP) is 5.98. The highest BCUT2D eigenvalue weighted by atomic mass is 16.6. The van der Waals surface area contributed by atoms with Gasteiger partial charge in [-0.1, -0.05) is 51.2 Å². The van der Waals surface area contributed by atoms with Crippen LogP contribution in [-0.4, -0.2) is 145 Å². The van der Waals surface area contributed by atoms with Gasteiger partial charge in [-0.25, -0.2) is 4.79 Å². The molecule has 0 atom stereocenters. The quantitative estimate of drug-likeness (QED) is 0.0582. The molecule has 0 N–H and O–H groups in total. The zero-order chi connectivity index (χ0) is 39.1. The maximum absolute atomic E-state index is 12.0. The summed E-state index contributed by atoms with van der Waals surface area (Å²) in [5.74, 6) is 1.16. The number of ether oxygens (including phenoxy) is 12. The topological polar surface area (TPSA) is 128 Å². The van der Waals surface area contributed by atoms with Gasteiger partial charge < -0.3 is 56.8 Å². The highest BCUT2D eigenvalue weighted by Crippen LogP contribution is 2.15. The van der Waals surface area contributed by atoms with Crippen molar-refractivity contribution < 1.29 is 61.6 Å². The molecular formula is C42H68O13. The molecule has 0 amide bonds. The fourth-order valence-corrected chi connectivity index (χ4v) is 4.95. The molecule has 2 aromatic rings. The van der Waals surface area contributed by atoms with Crippen molar-refractivity contribution in [1.82, 2.24) is 0 Å². The second-order valence-corrected chi connectivity index (χ2v) is 12.4. The molecule has 2 rings (SSSR count). The molecule has 55 heavy (non-hydrogen) atoms. The lowest BCUT2D eigenvalue weighted by Crippen LogP contribution is -2.15. The lowest BCUT2D eigenvalue weighted by Gasteiger charge is -2.09. The Balaban J connectivity index is 1.19. The SMILES string of the molecule is CCCCCCCCc1ccc(OCCOCCOCCOCCOCCOCCOCCOCCOCCOCCOC(=O)c2ccc(OC)cc2)cc1. The normalized spacial score (nSPS) is 11.2. The van der Waals surface area contributed by atoms with Gasteiger partial charge in [-0.3, -0.25) is 0 Å². The molecule has 0 aromatic heterocycles. The van der Waals surface area contributed by atoms with Gasteiger partial charge >= 0.3 is 5.97 Å². The van der Waals surface area contributed by atoms with Crippen LogP contribution < -0.4 is 9.47 Å². The minimum atomic E-state index is -0.399. The molecule has 0 unspecified atom stereocenters. The first-order chi connectivity index (χ1) is 27.2. The van der Waals surface area contributed by atoms with Gasteiger partial charge in [0, 0.05) is 0 Å². The van der Waals surface area contributed by atoms with Gasteiger partial charge in [0.2, 0.25) is 0 Å². The molecule has 0 fully saturated rings. The summed E-state index contributed by atoms with van der Waals surface area (Å²) in [6, 6.07) is 15.2. The fraction of sp³-hybridized carbons (Fsp3) is 0.690. The smallest absolute Gasteiger partial charge is 0.338 e. The number of unbranched alkanes of at least 4 members (excludes halogenated alkanes) is 5. The molecule has 0 radical (unpaired) electrons. The van der Waals surface area contributed by atoms with Gasteiger partial charge in [0.05, 0.1) is 132 Å². The first kappa shape index (κ1) is 48.3. The van der Waals surface area contributed by atoms with Crippen molar-refractivity contribution in [3.63, 3.8) is 0 Å². The van der Waals surface area contributed by atoms with Crippen LogP contribution in [0.3, 0.4) is 0 Å². The molecule has 0 aliphatic rings. The highest BCUT2D eigenvalue weighted by molar-refractivity contribution is 5.89. The van der Waals surface area contributed by atoms with Gasteiger partial charge in [-0.15, -0.1) is 0 Å². The lowest BCUT2D eigenvalue weighted by molar-refractivity contribution is -0.0262. The molecule has 2 aromatic carbocycles. The van der Waals surface area contributed by atoms with E-state index in [4.69, 9.17) is 56.8 Å². The van der Waals surface area contributed by atoms with Crippen molar-refractivity contribution in [1.29, 1.82) is 0 Å². The van der Waals surface area contributed by atoms with Gasteiger partial charge in [-0.05, 0) is 54.8 Å². The third-order valence-electron chi connectivity index (χ3n) is 8.00. The number of carbonyl (C=O) groups is 1. The number of aryl methyl sites for hydroxylation is 1. The van der Waals surface area contributed by atoms with Crippen LogP contribution in [0.15, 0.2) is 48.5 Å². The van der Waals surface area contributed by atoms with Crippen LogP contribution in [-0.2, 0) is 53.8 Å². The summed E-state index contributed by atoms with van der Waals surface area (Å²) in [6.45, 7) is 11.5. The van der Waals surface area contributed by atoms with E-state index in [-0.39, 0.29) is 6.61 Å². The monoisotopic (exact) mass is 780 g/mol. The number of hydrogen-bond donors (Lipinski definition) is 0. The number of rotatable bonds is 40. The Hall–Kier alpha value is -2.85. The molecule has 0 aliphatic heterocycles. The molecule has 13 nitrogen and oxygen atoms in total. The zero-order valence-corrected chi connectivity index (χ0v) is 33.5. The van der Waals surface area contributed by atoms with Crippen molar-refractivity contribution >= 4 is 5.97 Å². The molecule has 0 bridgehead atoms. The van der Waals surface area contributed by atoms with Crippen molar-refractivity contribution in [2.45, 2.75) is 51.9 Å². The zero-order valence-electron chi connectivity index (χ0n) is 33.5. The summed E-state index contributed by atoms with van der Waals surface area (Å²) in [5, 5.41) is 0. The Kier molecular flexibility index (Phi) is 32.3. The highest BCUT2D eigenvalue weighted by Gasteiger charge is 2.07. The molecular weight excluding hydrogens is 712 g/mol. The molecule has 314 valence electrons. The van der Waals surface area contributed by atoms with E-state index >= 15 is 0 Å². The number of benzene rings is 2. The summed E-state index contributed by atoms with van der Waals surface area (Å²) < 4.78 is 65.6. The molecule has 0 saturated heterocycles. The van der Waals surface area contributed by atoms with Gasteiger partial charge in [0.1, 0.15) is 24.7 Å². The van der Waals surface area contributed by atoms with Crippen LogP contribution >= 0.6 is 0 Å². The van der Waals surface area contributed by atoms with E-state index in [0.29, 0.717) is 137 Å². The molecule has 0 saturated carbocycles. The van der Waals surface area contributed by atoms with E-state index in [0.717, 1.165) is 12.2 Å². The third kappa shape index (κ3) is 29.1. The maximum atomic E-state index is 12.0. The van der Waals surface area contributed by atoms with Crippen LogP contribution in [0.4, 0.5) is 0 Å². The largest absolute Gasteiger partial charge is 0.497 e. The second-order valence-electron chi connectivity index (χ2n) is 12.4. The fourth-order valence-electron chi connectivity index (χ4n) is 4.95. The van der Waals surface area contributed by atoms with Crippen LogP contribution in [0, 0.1) is 0 Å². The molecule has 0 aliphatic carbocycles. The Bertz CT molecular complexity index is 1120. The Labute approximate surface area is 329 Å². The molecule has 0 spiro atoms. The minimum absolute atomic E-state index is 0.172. The van der Waals surface area contributed by atoms with Crippen LogP contribution in [0.2, 0.25) is 0 Å². The van der Waals surface area contributed by atoms with Crippen molar-refractivity contribution in [2.24, 2.45) is 0 Å². The summed E-state index contributed by atoms with van der Waals surface area (Å²) in [4.78, 5) is 12.0. The minimum Gasteiger partial charge on any atom is -0.497 e. The Morgan fingerprint density at radius 3 is 1.20 bits per heavy atom. The first-order valence-corrected chi connectivity index (χ1v) is 20.0. The van der Waals surface area contributed by atoms with Gasteiger partial charge in [0.15, 0.2) is 0 Å². The average molecular weight is 781 g/mol. The number of esters is 1. The molecule has 0 heterocycles. The van der Waals surface area contributed by atoms with E-state index in [1.165, 1.54) is 44.1 Å². The van der Waals surface area contributed by atoms with E-state index < -0.39 is 5.97 Å². The van der Waals surface area contributed by atoms with E-state index in [9.17, 15) is 4.79 Å². The van der Waals surface area contributed by atoms with Crippen LogP contribution in [0.1, 0.15) is 61.4 Å². The van der Waals surface area contributed by atoms with E-state index in [2.05, 4.69) is 19.1 Å². The van der Waals surface area contributed by atoms with Gasteiger partial charge in [0.25, 0.3) is 0 Å². The van der Waals surface area contributed by atoms with E-state index in [1.807, 2.05) is 12.1 Å². The number of methoxy groups -OCH3 is 1. The Morgan fingerprint density at radius 2 is 0.782 bits per heavy atom.